The molecule has 128 valence electrons. The van der Waals surface area contributed by atoms with Gasteiger partial charge in [-0.25, -0.2) is 9.18 Å². The van der Waals surface area contributed by atoms with Gasteiger partial charge in [0.1, 0.15) is 11.6 Å². The number of rotatable bonds is 2. The van der Waals surface area contributed by atoms with Crippen LogP contribution in [0.4, 0.5) is 4.39 Å². The normalized spacial score (nSPS) is 20.3. The molecule has 3 rings (SSSR count). The number of hydrogen-bond donors (Lipinski definition) is 1. The minimum absolute atomic E-state index is 0.108. The fourth-order valence-corrected chi connectivity index (χ4v) is 4.09. The Morgan fingerprint density at radius 2 is 2.20 bits per heavy atom. The molecule has 0 bridgehead atoms. The molecule has 2 heterocycles. The van der Waals surface area contributed by atoms with Gasteiger partial charge < -0.3 is 10.5 Å². The highest BCUT2D eigenvalue weighted by Crippen LogP contribution is 2.46. The SMILES string of the molecule is COC(=O)C1=C(N)N2C(=O)CCSC2=C(C#N)C1c1ccccc1F. The molecule has 2 aliphatic rings. The van der Waals surface area contributed by atoms with Crippen molar-refractivity contribution in [3.8, 4) is 6.07 Å². The smallest absolute Gasteiger partial charge is 0.338 e. The molecule has 8 heteroatoms. The number of carbonyl (C=O) groups excluding carboxylic acids is 2. The summed E-state index contributed by atoms with van der Waals surface area (Å²) in [5.41, 5.74) is 6.23. The van der Waals surface area contributed by atoms with Crippen LogP contribution in [-0.4, -0.2) is 29.6 Å². The number of esters is 1. The summed E-state index contributed by atoms with van der Waals surface area (Å²) in [4.78, 5) is 25.8. The van der Waals surface area contributed by atoms with E-state index in [0.717, 1.165) is 4.90 Å². The van der Waals surface area contributed by atoms with Gasteiger partial charge >= 0.3 is 5.97 Å². The molecule has 0 spiro atoms. The molecule has 0 saturated carbocycles. The first kappa shape index (κ1) is 17.0. The second-order valence-electron chi connectivity index (χ2n) is 5.40. The molecule has 1 aromatic rings. The van der Waals surface area contributed by atoms with Crippen LogP contribution in [0.15, 0.2) is 46.3 Å². The molecule has 1 unspecified atom stereocenters. The number of hydrogen-bond acceptors (Lipinski definition) is 6. The molecular formula is C17H14FN3O3S. The van der Waals surface area contributed by atoms with Crippen LogP contribution < -0.4 is 5.73 Å². The summed E-state index contributed by atoms with van der Waals surface area (Å²) < 4.78 is 19.2. The Morgan fingerprint density at radius 1 is 1.48 bits per heavy atom. The Morgan fingerprint density at radius 3 is 2.84 bits per heavy atom. The first-order valence-electron chi connectivity index (χ1n) is 7.43. The van der Waals surface area contributed by atoms with Crippen molar-refractivity contribution in [2.24, 2.45) is 5.73 Å². The first-order valence-corrected chi connectivity index (χ1v) is 8.42. The molecule has 1 atom stereocenters. The van der Waals surface area contributed by atoms with Crippen molar-refractivity contribution in [2.45, 2.75) is 12.3 Å². The number of methoxy groups -OCH3 is 1. The quantitative estimate of drug-likeness (QED) is 0.811. The Kier molecular flexibility index (Phi) is 4.51. The van der Waals surface area contributed by atoms with Gasteiger partial charge in [-0.05, 0) is 6.07 Å². The summed E-state index contributed by atoms with van der Waals surface area (Å²) in [6, 6.07) is 7.87. The number of fused-ring (bicyclic) bond motifs is 1. The van der Waals surface area contributed by atoms with E-state index in [1.54, 1.807) is 6.07 Å². The Labute approximate surface area is 147 Å². The number of benzene rings is 1. The van der Waals surface area contributed by atoms with Crippen molar-refractivity contribution >= 4 is 23.6 Å². The summed E-state index contributed by atoms with van der Waals surface area (Å²) in [6.07, 6.45) is 0.229. The van der Waals surface area contributed by atoms with Gasteiger partial charge in [0.05, 0.1) is 35.3 Å². The van der Waals surface area contributed by atoms with E-state index in [4.69, 9.17) is 10.5 Å². The lowest BCUT2D eigenvalue weighted by Gasteiger charge is -2.37. The molecule has 0 radical (unpaired) electrons. The second kappa shape index (κ2) is 6.61. The third kappa shape index (κ3) is 2.66. The number of allylic oxidation sites excluding steroid dienone is 1. The zero-order valence-electron chi connectivity index (χ0n) is 13.3. The summed E-state index contributed by atoms with van der Waals surface area (Å²) >= 11 is 1.29. The number of amides is 1. The van der Waals surface area contributed by atoms with E-state index in [9.17, 15) is 19.2 Å². The summed E-state index contributed by atoms with van der Waals surface area (Å²) in [5, 5.41) is 10.0. The molecule has 25 heavy (non-hydrogen) atoms. The van der Waals surface area contributed by atoms with E-state index in [1.807, 2.05) is 6.07 Å². The van der Waals surface area contributed by atoms with Crippen LogP contribution >= 0.6 is 11.8 Å². The van der Waals surface area contributed by atoms with Crippen LogP contribution in [0.25, 0.3) is 0 Å². The van der Waals surface area contributed by atoms with Gasteiger partial charge in [-0.3, -0.25) is 9.69 Å². The standard InChI is InChI=1S/C17H14FN3O3S/c1-24-17(23)14-13(9-4-2-3-5-11(9)18)10(8-19)16-21(15(14)20)12(22)6-7-25-16/h2-5,13H,6-7,20H2,1H3. The van der Waals surface area contributed by atoms with E-state index >= 15 is 0 Å². The van der Waals surface area contributed by atoms with Crippen LogP contribution in [0.5, 0.6) is 0 Å². The highest BCUT2D eigenvalue weighted by Gasteiger charge is 2.43. The maximum Gasteiger partial charge on any atom is 0.338 e. The van der Waals surface area contributed by atoms with Crippen LogP contribution in [0, 0.1) is 17.1 Å². The van der Waals surface area contributed by atoms with Crippen LogP contribution in [0.2, 0.25) is 0 Å². The van der Waals surface area contributed by atoms with E-state index in [-0.39, 0.29) is 34.9 Å². The lowest BCUT2D eigenvalue weighted by molar-refractivity contribution is -0.136. The first-order chi connectivity index (χ1) is 12.0. The van der Waals surface area contributed by atoms with Crippen molar-refractivity contribution in [2.75, 3.05) is 12.9 Å². The van der Waals surface area contributed by atoms with Crippen LogP contribution in [0.1, 0.15) is 17.9 Å². The number of nitriles is 1. The number of thioether (sulfide) groups is 1. The summed E-state index contributed by atoms with van der Waals surface area (Å²) in [7, 11) is 1.17. The fraction of sp³-hybridized carbons (Fsp3) is 0.235. The molecule has 1 aromatic carbocycles. The van der Waals surface area contributed by atoms with Gasteiger partial charge in [0.2, 0.25) is 5.91 Å². The molecule has 1 fully saturated rings. The fourth-order valence-electron chi connectivity index (χ4n) is 2.97. The molecule has 1 saturated heterocycles. The molecule has 0 aromatic heterocycles. The number of ether oxygens (including phenoxy) is 1. The van der Waals surface area contributed by atoms with E-state index in [1.165, 1.54) is 37.1 Å². The van der Waals surface area contributed by atoms with Crippen LogP contribution in [-0.2, 0) is 14.3 Å². The third-order valence-electron chi connectivity index (χ3n) is 4.07. The maximum atomic E-state index is 14.4. The topological polar surface area (TPSA) is 96.4 Å². The van der Waals surface area contributed by atoms with Crippen molar-refractivity contribution in [1.29, 1.82) is 5.26 Å². The van der Waals surface area contributed by atoms with E-state index in [2.05, 4.69) is 0 Å². The number of halogens is 1. The number of nitrogens with zero attached hydrogens (tertiary/aromatic N) is 2. The Hall–Kier alpha value is -2.79. The van der Waals surface area contributed by atoms with Gasteiger partial charge in [0.25, 0.3) is 0 Å². The lowest BCUT2D eigenvalue weighted by atomic mass is 9.82. The van der Waals surface area contributed by atoms with E-state index < -0.39 is 17.7 Å². The zero-order chi connectivity index (χ0) is 18.1. The van der Waals surface area contributed by atoms with Crippen molar-refractivity contribution in [3.63, 3.8) is 0 Å². The second-order valence-corrected chi connectivity index (χ2v) is 6.49. The number of carbonyl (C=O) groups is 2. The predicted molar refractivity (Wildman–Crippen MR) is 88.9 cm³/mol. The summed E-state index contributed by atoms with van der Waals surface area (Å²) in [6.45, 7) is 0. The minimum Gasteiger partial charge on any atom is -0.466 e. The van der Waals surface area contributed by atoms with Gasteiger partial charge in [-0.15, -0.1) is 11.8 Å². The lowest BCUT2D eigenvalue weighted by Crippen LogP contribution is -2.42. The molecule has 1 amide bonds. The van der Waals surface area contributed by atoms with Gasteiger partial charge in [0.15, 0.2) is 0 Å². The van der Waals surface area contributed by atoms with Crippen LogP contribution in [0.3, 0.4) is 0 Å². The average Bonchev–Trinajstić information content (AvgIpc) is 2.61. The van der Waals surface area contributed by atoms with Crippen molar-refractivity contribution in [3.05, 3.63) is 57.6 Å². The number of nitrogens with two attached hydrogens (primary N) is 1. The Balaban J connectivity index is 2.31. The molecule has 2 aliphatic heterocycles. The molecular weight excluding hydrogens is 345 g/mol. The van der Waals surface area contributed by atoms with Gasteiger partial charge in [0, 0.05) is 17.7 Å². The highest BCUT2D eigenvalue weighted by atomic mass is 32.2. The third-order valence-corrected chi connectivity index (χ3v) is 5.16. The summed E-state index contributed by atoms with van der Waals surface area (Å²) in [5.74, 6) is -2.35. The largest absolute Gasteiger partial charge is 0.466 e. The van der Waals surface area contributed by atoms with Crippen molar-refractivity contribution < 1.29 is 18.7 Å². The predicted octanol–water partition coefficient (Wildman–Crippen LogP) is 1.97. The molecule has 0 aliphatic carbocycles. The average molecular weight is 359 g/mol. The van der Waals surface area contributed by atoms with E-state index in [0.29, 0.717) is 10.8 Å². The van der Waals surface area contributed by atoms with Gasteiger partial charge in [-0.2, -0.15) is 5.26 Å². The highest BCUT2D eigenvalue weighted by molar-refractivity contribution is 8.03. The minimum atomic E-state index is -1.02. The zero-order valence-corrected chi connectivity index (χ0v) is 14.1. The Bertz CT molecular complexity index is 872. The van der Waals surface area contributed by atoms with Gasteiger partial charge in [-0.1, -0.05) is 18.2 Å². The monoisotopic (exact) mass is 359 g/mol. The molecule has 6 nitrogen and oxygen atoms in total. The van der Waals surface area contributed by atoms with Crippen molar-refractivity contribution in [1.82, 2.24) is 4.90 Å². The maximum absolute atomic E-state index is 14.4. The molecule has 2 N–H and O–H groups in total.